The lowest BCUT2D eigenvalue weighted by molar-refractivity contribution is -0.308. The maximum Gasteiger partial charge on any atom is 0.0492 e. The summed E-state index contributed by atoms with van der Waals surface area (Å²) < 4.78 is 0. The Labute approximate surface area is 64.5 Å². The number of benzene rings is 1. The van der Waals surface area contributed by atoms with Gasteiger partial charge in [0, 0.05) is 11.9 Å². The summed E-state index contributed by atoms with van der Waals surface area (Å²) >= 11 is 0. The van der Waals surface area contributed by atoms with Crippen LogP contribution in [-0.2, 0) is 11.2 Å². The van der Waals surface area contributed by atoms with Crippen molar-refractivity contribution in [2.24, 2.45) is 0 Å². The first-order valence-electron chi connectivity index (χ1n) is 3.57. The van der Waals surface area contributed by atoms with E-state index >= 15 is 0 Å². The van der Waals surface area contributed by atoms with Crippen molar-refractivity contribution in [3.05, 3.63) is 35.4 Å². The van der Waals surface area contributed by atoms with Gasteiger partial charge in [-0.3, -0.25) is 0 Å². The molecule has 1 aliphatic rings. The van der Waals surface area contributed by atoms with Gasteiger partial charge in [-0.2, -0.15) is 0 Å². The monoisotopic (exact) mass is 147 g/mol. The molecule has 56 valence electrons. The molecule has 2 rings (SSSR count). The first kappa shape index (κ1) is 6.40. The molecule has 0 aliphatic heterocycles. The number of carbonyl (C=O) groups excluding carboxylic acids is 1. The van der Waals surface area contributed by atoms with E-state index in [4.69, 9.17) is 0 Å². The number of fused-ring (bicyclic) bond motifs is 1. The summed E-state index contributed by atoms with van der Waals surface area (Å²) in [6.45, 7) is 0. The van der Waals surface area contributed by atoms with E-state index in [2.05, 4.69) is 0 Å². The molecule has 1 aromatic rings. The van der Waals surface area contributed by atoms with Crippen LogP contribution in [0.15, 0.2) is 24.3 Å². The molecule has 0 N–H and O–H groups in total. The Morgan fingerprint density at radius 1 is 1.45 bits per heavy atom. The van der Waals surface area contributed by atoms with E-state index in [-0.39, 0.29) is 5.92 Å². The van der Waals surface area contributed by atoms with Crippen LogP contribution >= 0.6 is 0 Å². The topological polar surface area (TPSA) is 40.1 Å². The van der Waals surface area contributed by atoms with Crippen LogP contribution < -0.4 is 5.11 Å². The van der Waals surface area contributed by atoms with Gasteiger partial charge in [0.1, 0.15) is 0 Å². The van der Waals surface area contributed by atoms with Crippen molar-refractivity contribution in [3.8, 4) is 0 Å². The molecular formula is C9H7O2-. The summed E-state index contributed by atoms with van der Waals surface area (Å²) in [6.07, 6.45) is 0.637. The van der Waals surface area contributed by atoms with Gasteiger partial charge in [-0.05, 0) is 17.5 Å². The van der Waals surface area contributed by atoms with E-state index in [1.54, 1.807) is 0 Å². The van der Waals surface area contributed by atoms with Crippen molar-refractivity contribution < 1.29 is 9.90 Å². The smallest absolute Gasteiger partial charge is 0.0492 e. The fourth-order valence-corrected chi connectivity index (χ4v) is 1.47. The summed E-state index contributed by atoms with van der Waals surface area (Å²) in [5.74, 6) is -1.31. The zero-order chi connectivity index (χ0) is 7.84. The molecule has 1 aliphatic carbocycles. The van der Waals surface area contributed by atoms with Gasteiger partial charge in [0.25, 0.3) is 0 Å². The fraction of sp³-hybridized carbons (Fsp3) is 0.222. The average molecular weight is 147 g/mol. The van der Waals surface area contributed by atoms with Crippen molar-refractivity contribution in [1.29, 1.82) is 0 Å². The lowest BCUT2D eigenvalue weighted by atomic mass is 9.78. The van der Waals surface area contributed by atoms with Gasteiger partial charge >= 0.3 is 0 Å². The van der Waals surface area contributed by atoms with Gasteiger partial charge in [-0.25, -0.2) is 0 Å². The number of rotatable bonds is 1. The second-order valence-corrected chi connectivity index (χ2v) is 2.77. The van der Waals surface area contributed by atoms with Crippen molar-refractivity contribution in [1.82, 2.24) is 0 Å². The van der Waals surface area contributed by atoms with Gasteiger partial charge in [0.2, 0.25) is 0 Å². The van der Waals surface area contributed by atoms with E-state index < -0.39 is 5.97 Å². The highest BCUT2D eigenvalue weighted by atomic mass is 16.4. The van der Waals surface area contributed by atoms with Crippen LogP contribution in [-0.4, -0.2) is 5.97 Å². The van der Waals surface area contributed by atoms with Crippen LogP contribution in [0.4, 0.5) is 0 Å². The Balaban J connectivity index is 2.36. The van der Waals surface area contributed by atoms with Gasteiger partial charge in [-0.15, -0.1) is 0 Å². The van der Waals surface area contributed by atoms with Crippen LogP contribution in [0.5, 0.6) is 0 Å². The molecule has 0 radical (unpaired) electrons. The quantitative estimate of drug-likeness (QED) is 0.564. The summed E-state index contributed by atoms with van der Waals surface area (Å²) in [5.41, 5.74) is 2.06. The zero-order valence-corrected chi connectivity index (χ0v) is 5.91. The highest BCUT2D eigenvalue weighted by Gasteiger charge is 2.25. The summed E-state index contributed by atoms with van der Waals surface area (Å²) in [7, 11) is 0. The molecule has 1 aromatic carbocycles. The number of carboxylic acids is 1. The third-order valence-electron chi connectivity index (χ3n) is 2.14. The van der Waals surface area contributed by atoms with E-state index in [0.717, 1.165) is 11.1 Å². The van der Waals surface area contributed by atoms with Gasteiger partial charge < -0.3 is 9.90 Å². The number of hydrogen-bond acceptors (Lipinski definition) is 2. The highest BCUT2D eigenvalue weighted by molar-refractivity contribution is 5.78. The van der Waals surface area contributed by atoms with E-state index in [1.807, 2.05) is 24.3 Å². The summed E-state index contributed by atoms with van der Waals surface area (Å²) in [6, 6.07) is 7.58. The van der Waals surface area contributed by atoms with Crippen LogP contribution in [0.3, 0.4) is 0 Å². The average Bonchev–Trinajstić information content (AvgIpc) is 1.90. The molecule has 1 atom stereocenters. The van der Waals surface area contributed by atoms with Crippen molar-refractivity contribution in [3.63, 3.8) is 0 Å². The first-order valence-corrected chi connectivity index (χ1v) is 3.57. The molecular weight excluding hydrogens is 140 g/mol. The normalized spacial score (nSPS) is 20.2. The predicted octanol–water partition coefficient (Wildman–Crippen LogP) is 0.0762. The van der Waals surface area contributed by atoms with E-state index in [9.17, 15) is 9.90 Å². The molecule has 0 bridgehead atoms. The lowest BCUT2D eigenvalue weighted by Crippen LogP contribution is -2.36. The SMILES string of the molecule is O=C([O-])[C@H]1Cc2ccccc21. The maximum atomic E-state index is 10.4. The Hall–Kier alpha value is -1.31. The van der Waals surface area contributed by atoms with Gasteiger partial charge in [0.05, 0.1) is 0 Å². The number of carboxylic acid groups (broad SMARTS) is 1. The molecule has 11 heavy (non-hydrogen) atoms. The largest absolute Gasteiger partial charge is 0.549 e. The number of hydrogen-bond donors (Lipinski definition) is 0. The second-order valence-electron chi connectivity index (χ2n) is 2.77. The maximum absolute atomic E-state index is 10.4. The Morgan fingerprint density at radius 3 is 2.82 bits per heavy atom. The van der Waals surface area contributed by atoms with Crippen LogP contribution in [0, 0.1) is 0 Å². The van der Waals surface area contributed by atoms with E-state index in [1.165, 1.54) is 0 Å². The molecule has 0 unspecified atom stereocenters. The van der Waals surface area contributed by atoms with Gasteiger partial charge in [0.15, 0.2) is 0 Å². The van der Waals surface area contributed by atoms with Crippen LogP contribution in [0.25, 0.3) is 0 Å². The molecule has 0 saturated heterocycles. The molecule has 2 nitrogen and oxygen atoms in total. The second kappa shape index (κ2) is 2.09. The standard InChI is InChI=1S/C9H8O2/c10-9(11)8-5-6-3-1-2-4-7(6)8/h1-4,8H,5H2,(H,10,11)/p-1/t8-/m0/s1. The minimum absolute atomic E-state index is 0.355. The number of aliphatic carboxylic acids is 1. The molecule has 0 heterocycles. The molecule has 0 aromatic heterocycles. The van der Waals surface area contributed by atoms with Crippen molar-refractivity contribution in [2.75, 3.05) is 0 Å². The molecule has 0 saturated carbocycles. The number of carbonyl (C=O) groups is 1. The van der Waals surface area contributed by atoms with Crippen molar-refractivity contribution >= 4 is 5.97 Å². The zero-order valence-electron chi connectivity index (χ0n) is 5.91. The third kappa shape index (κ3) is 0.827. The van der Waals surface area contributed by atoms with E-state index in [0.29, 0.717) is 6.42 Å². The lowest BCUT2D eigenvalue weighted by Gasteiger charge is -2.30. The highest BCUT2D eigenvalue weighted by Crippen LogP contribution is 2.33. The molecule has 0 amide bonds. The summed E-state index contributed by atoms with van der Waals surface area (Å²) in [5, 5.41) is 10.4. The first-order chi connectivity index (χ1) is 5.29. The Bertz CT molecular complexity index is 304. The third-order valence-corrected chi connectivity index (χ3v) is 2.14. The summed E-state index contributed by atoms with van der Waals surface area (Å²) in [4.78, 5) is 10.4. The molecule has 0 fully saturated rings. The minimum atomic E-state index is -0.955. The predicted molar refractivity (Wildman–Crippen MR) is 37.9 cm³/mol. The molecule has 2 heteroatoms. The van der Waals surface area contributed by atoms with Gasteiger partial charge in [-0.1, -0.05) is 24.3 Å². The fourth-order valence-electron chi connectivity index (χ4n) is 1.47. The minimum Gasteiger partial charge on any atom is -0.549 e. The molecule has 0 spiro atoms. The van der Waals surface area contributed by atoms with Crippen molar-refractivity contribution in [2.45, 2.75) is 12.3 Å². The van der Waals surface area contributed by atoms with Crippen LogP contribution in [0.2, 0.25) is 0 Å². The Morgan fingerprint density at radius 2 is 2.18 bits per heavy atom. The van der Waals surface area contributed by atoms with Crippen LogP contribution in [0.1, 0.15) is 17.0 Å². The Kier molecular flexibility index (Phi) is 1.22.